The highest BCUT2D eigenvalue weighted by Gasteiger charge is 1.91. The maximum absolute atomic E-state index is 10.4. The first-order valence-corrected chi connectivity index (χ1v) is 4.93. The zero-order chi connectivity index (χ0) is 10.1. The summed E-state index contributed by atoms with van der Waals surface area (Å²) in [5, 5.41) is 0. The average Bonchev–Trinajstić information content (AvgIpc) is 2.01. The molecule has 0 amide bonds. The molecule has 0 saturated carbocycles. The predicted molar refractivity (Wildman–Crippen MR) is 54.5 cm³/mol. The Labute approximate surface area is 81.0 Å². The van der Waals surface area contributed by atoms with Crippen molar-refractivity contribution in [2.24, 2.45) is 5.92 Å². The minimum Gasteiger partial charge on any atom is -0.466 e. The summed E-state index contributed by atoms with van der Waals surface area (Å²) in [4.78, 5) is 10.4. The van der Waals surface area contributed by atoms with Crippen molar-refractivity contribution in [2.75, 3.05) is 6.61 Å². The third kappa shape index (κ3) is 11.2. The van der Waals surface area contributed by atoms with Crippen LogP contribution in [0.3, 0.4) is 0 Å². The molecule has 0 N–H and O–H groups in total. The fourth-order valence-corrected chi connectivity index (χ4v) is 0.949. The fourth-order valence-electron chi connectivity index (χ4n) is 0.949. The van der Waals surface area contributed by atoms with E-state index in [1.807, 2.05) is 0 Å². The van der Waals surface area contributed by atoms with E-state index in [1.54, 1.807) is 0 Å². The van der Waals surface area contributed by atoms with Gasteiger partial charge in [0.2, 0.25) is 0 Å². The van der Waals surface area contributed by atoms with Gasteiger partial charge < -0.3 is 4.74 Å². The van der Waals surface area contributed by atoms with Gasteiger partial charge in [0.1, 0.15) is 0 Å². The van der Waals surface area contributed by atoms with E-state index in [-0.39, 0.29) is 5.97 Å². The SMILES string of the molecule is CC(=O)OCCCCC=CC(C)C. The lowest BCUT2D eigenvalue weighted by atomic mass is 10.1. The molecule has 0 spiro atoms. The predicted octanol–water partition coefficient (Wildman–Crippen LogP) is 2.93. The molecule has 0 aromatic rings. The van der Waals surface area contributed by atoms with Gasteiger partial charge >= 0.3 is 5.97 Å². The van der Waals surface area contributed by atoms with E-state index in [4.69, 9.17) is 4.74 Å². The number of hydrogen-bond donors (Lipinski definition) is 0. The smallest absolute Gasteiger partial charge is 0.302 e. The molecule has 0 aliphatic rings. The summed E-state index contributed by atoms with van der Waals surface area (Å²) in [6, 6.07) is 0. The molecule has 0 aliphatic carbocycles. The van der Waals surface area contributed by atoms with Gasteiger partial charge in [-0.05, 0) is 25.2 Å². The molecule has 76 valence electrons. The van der Waals surface area contributed by atoms with Crippen molar-refractivity contribution in [2.45, 2.75) is 40.0 Å². The van der Waals surface area contributed by atoms with Crippen molar-refractivity contribution in [1.82, 2.24) is 0 Å². The number of unbranched alkanes of at least 4 members (excludes halogenated alkanes) is 2. The largest absolute Gasteiger partial charge is 0.466 e. The van der Waals surface area contributed by atoms with Crippen LogP contribution in [0, 0.1) is 5.92 Å². The third-order valence-electron chi connectivity index (χ3n) is 1.59. The molecule has 0 radical (unpaired) electrons. The molecule has 0 saturated heterocycles. The van der Waals surface area contributed by atoms with Crippen LogP contribution in [-0.4, -0.2) is 12.6 Å². The van der Waals surface area contributed by atoms with Gasteiger partial charge in [0.15, 0.2) is 0 Å². The Morgan fingerprint density at radius 3 is 2.62 bits per heavy atom. The molecule has 0 aromatic heterocycles. The Morgan fingerprint density at radius 2 is 2.08 bits per heavy atom. The van der Waals surface area contributed by atoms with Crippen molar-refractivity contribution in [3.63, 3.8) is 0 Å². The summed E-state index contributed by atoms with van der Waals surface area (Å²) in [6.45, 7) is 6.33. The molecule has 0 unspecified atom stereocenters. The first kappa shape index (κ1) is 12.2. The molecule has 0 fully saturated rings. The topological polar surface area (TPSA) is 26.3 Å². The van der Waals surface area contributed by atoms with E-state index < -0.39 is 0 Å². The summed E-state index contributed by atoms with van der Waals surface area (Å²) in [5.74, 6) is 0.450. The van der Waals surface area contributed by atoms with Crippen LogP contribution in [0.2, 0.25) is 0 Å². The maximum Gasteiger partial charge on any atom is 0.302 e. The van der Waals surface area contributed by atoms with Crippen molar-refractivity contribution in [3.05, 3.63) is 12.2 Å². The highest BCUT2D eigenvalue weighted by atomic mass is 16.5. The molecule has 0 atom stereocenters. The summed E-state index contributed by atoms with van der Waals surface area (Å²) in [5.41, 5.74) is 0. The van der Waals surface area contributed by atoms with Crippen molar-refractivity contribution >= 4 is 5.97 Å². The van der Waals surface area contributed by atoms with E-state index >= 15 is 0 Å². The number of ether oxygens (including phenoxy) is 1. The second kappa shape index (κ2) is 7.84. The molecule has 13 heavy (non-hydrogen) atoms. The van der Waals surface area contributed by atoms with Crippen molar-refractivity contribution in [1.29, 1.82) is 0 Å². The van der Waals surface area contributed by atoms with Crippen LogP contribution in [-0.2, 0) is 9.53 Å². The van der Waals surface area contributed by atoms with Crippen molar-refractivity contribution < 1.29 is 9.53 Å². The monoisotopic (exact) mass is 184 g/mol. The van der Waals surface area contributed by atoms with Crippen LogP contribution < -0.4 is 0 Å². The number of carbonyl (C=O) groups is 1. The maximum atomic E-state index is 10.4. The second-order valence-corrected chi connectivity index (χ2v) is 3.51. The Kier molecular flexibility index (Phi) is 7.36. The van der Waals surface area contributed by atoms with Crippen LogP contribution in [0.15, 0.2) is 12.2 Å². The molecule has 0 heterocycles. The first-order valence-electron chi connectivity index (χ1n) is 4.93. The van der Waals surface area contributed by atoms with Crippen LogP contribution in [0.5, 0.6) is 0 Å². The Morgan fingerprint density at radius 1 is 1.38 bits per heavy atom. The summed E-state index contributed by atoms with van der Waals surface area (Å²) < 4.78 is 4.81. The van der Waals surface area contributed by atoms with E-state index in [1.165, 1.54) is 6.92 Å². The molecule has 0 bridgehead atoms. The minimum atomic E-state index is -0.183. The standard InChI is InChI=1S/C11H20O2/c1-10(2)8-6-4-5-7-9-13-11(3)12/h6,8,10H,4-5,7,9H2,1-3H3. The number of esters is 1. The minimum absolute atomic E-state index is 0.183. The van der Waals surface area contributed by atoms with E-state index in [0.717, 1.165) is 19.3 Å². The molecule has 2 heteroatoms. The number of hydrogen-bond acceptors (Lipinski definition) is 2. The van der Waals surface area contributed by atoms with E-state index in [9.17, 15) is 4.79 Å². The molecule has 0 aliphatic heterocycles. The third-order valence-corrected chi connectivity index (χ3v) is 1.59. The average molecular weight is 184 g/mol. The molecule has 2 nitrogen and oxygen atoms in total. The van der Waals surface area contributed by atoms with E-state index in [0.29, 0.717) is 12.5 Å². The van der Waals surface area contributed by atoms with Gasteiger partial charge in [0.05, 0.1) is 6.61 Å². The molecular weight excluding hydrogens is 164 g/mol. The van der Waals surface area contributed by atoms with Gasteiger partial charge in [0, 0.05) is 6.92 Å². The quantitative estimate of drug-likeness (QED) is 0.360. The molecule has 0 rings (SSSR count). The van der Waals surface area contributed by atoms with Gasteiger partial charge in [-0.2, -0.15) is 0 Å². The van der Waals surface area contributed by atoms with Gasteiger partial charge in [-0.3, -0.25) is 4.79 Å². The van der Waals surface area contributed by atoms with Gasteiger partial charge in [-0.25, -0.2) is 0 Å². The summed E-state index contributed by atoms with van der Waals surface area (Å²) in [7, 11) is 0. The molecule has 0 aromatic carbocycles. The highest BCUT2D eigenvalue weighted by molar-refractivity contribution is 5.65. The zero-order valence-electron chi connectivity index (χ0n) is 8.88. The Balaban J connectivity index is 3.12. The summed E-state index contributed by atoms with van der Waals surface area (Å²) >= 11 is 0. The van der Waals surface area contributed by atoms with Gasteiger partial charge in [-0.1, -0.05) is 26.0 Å². The summed E-state index contributed by atoms with van der Waals surface area (Å²) in [6.07, 6.45) is 7.53. The zero-order valence-corrected chi connectivity index (χ0v) is 8.88. The first-order chi connectivity index (χ1) is 6.13. The molecular formula is C11H20O2. The highest BCUT2D eigenvalue weighted by Crippen LogP contribution is 2.00. The van der Waals surface area contributed by atoms with Crippen molar-refractivity contribution in [3.8, 4) is 0 Å². The normalized spacial score (nSPS) is 11.1. The van der Waals surface area contributed by atoms with Crippen LogP contribution in [0.25, 0.3) is 0 Å². The lowest BCUT2D eigenvalue weighted by molar-refractivity contribution is -0.141. The Bertz CT molecular complexity index is 159. The number of allylic oxidation sites excluding steroid dienone is 2. The fraction of sp³-hybridized carbons (Fsp3) is 0.727. The van der Waals surface area contributed by atoms with Crippen LogP contribution >= 0.6 is 0 Å². The van der Waals surface area contributed by atoms with Crippen LogP contribution in [0.1, 0.15) is 40.0 Å². The van der Waals surface area contributed by atoms with Gasteiger partial charge in [-0.15, -0.1) is 0 Å². The lowest BCUT2D eigenvalue weighted by Crippen LogP contribution is -1.99. The van der Waals surface area contributed by atoms with E-state index in [2.05, 4.69) is 26.0 Å². The Hall–Kier alpha value is -0.790. The number of carbonyl (C=O) groups excluding carboxylic acids is 1. The lowest BCUT2D eigenvalue weighted by Gasteiger charge is -1.99. The second-order valence-electron chi connectivity index (χ2n) is 3.51. The van der Waals surface area contributed by atoms with Crippen LogP contribution in [0.4, 0.5) is 0 Å². The number of rotatable bonds is 6. The van der Waals surface area contributed by atoms with Gasteiger partial charge in [0.25, 0.3) is 0 Å².